The molecule has 8 nitrogen and oxygen atoms in total. The van der Waals surface area contributed by atoms with Crippen molar-refractivity contribution in [2.24, 2.45) is 0 Å². The van der Waals surface area contributed by atoms with Gasteiger partial charge in [0, 0.05) is 18.1 Å². The van der Waals surface area contributed by atoms with Gasteiger partial charge < -0.3 is 15.0 Å². The maximum Gasteiger partial charge on any atom is 0.264 e. The first-order valence-electron chi connectivity index (χ1n) is 12.7. The highest BCUT2D eigenvalue weighted by atomic mass is 35.5. The highest BCUT2D eigenvalue weighted by Gasteiger charge is 2.33. The van der Waals surface area contributed by atoms with Crippen LogP contribution in [0.3, 0.4) is 0 Å². The summed E-state index contributed by atoms with van der Waals surface area (Å²) >= 11 is 6.06. The van der Waals surface area contributed by atoms with Crippen LogP contribution in [0.1, 0.15) is 31.4 Å². The molecule has 0 bridgehead atoms. The third-order valence-corrected chi connectivity index (χ3v) is 8.29. The normalized spacial score (nSPS) is 11.9. The third kappa shape index (κ3) is 7.52. The van der Waals surface area contributed by atoms with E-state index in [-0.39, 0.29) is 23.0 Å². The molecule has 0 saturated heterocycles. The van der Waals surface area contributed by atoms with Gasteiger partial charge in [-0.2, -0.15) is 0 Å². The molecule has 0 aliphatic heterocycles. The second-order valence-corrected chi connectivity index (χ2v) is 11.3. The molecule has 0 saturated carbocycles. The molecular formula is C29H34ClN3O5S. The molecule has 0 heterocycles. The number of ether oxygens (including phenoxy) is 1. The van der Waals surface area contributed by atoms with Gasteiger partial charge in [0.15, 0.2) is 0 Å². The lowest BCUT2D eigenvalue weighted by molar-refractivity contribution is -0.140. The van der Waals surface area contributed by atoms with Gasteiger partial charge in [-0.15, -0.1) is 0 Å². The SMILES string of the molecule is CCNC(=O)[C@@H](CC)N(Cc1ccc(OC)cc1)C(=O)CN(c1ccc(Cl)cc1)S(=O)(=O)c1ccc(C)cc1. The summed E-state index contributed by atoms with van der Waals surface area (Å²) < 4.78 is 33.9. The van der Waals surface area contributed by atoms with Crippen LogP contribution in [0, 0.1) is 6.92 Å². The van der Waals surface area contributed by atoms with Gasteiger partial charge in [-0.25, -0.2) is 8.42 Å². The summed E-state index contributed by atoms with van der Waals surface area (Å²) in [6, 6.07) is 19.0. The molecule has 0 radical (unpaired) electrons. The minimum Gasteiger partial charge on any atom is -0.497 e. The Morgan fingerprint density at radius 1 is 0.949 bits per heavy atom. The van der Waals surface area contributed by atoms with Crippen molar-refractivity contribution in [3.63, 3.8) is 0 Å². The number of hydrogen-bond donors (Lipinski definition) is 1. The third-order valence-electron chi connectivity index (χ3n) is 6.25. The molecule has 0 unspecified atom stereocenters. The van der Waals surface area contributed by atoms with E-state index in [0.29, 0.717) is 23.7 Å². The number of methoxy groups -OCH3 is 1. The fourth-order valence-electron chi connectivity index (χ4n) is 4.11. The van der Waals surface area contributed by atoms with Crippen molar-refractivity contribution >= 4 is 39.1 Å². The van der Waals surface area contributed by atoms with Crippen molar-refractivity contribution in [3.8, 4) is 5.75 Å². The number of hydrogen-bond acceptors (Lipinski definition) is 5. The zero-order valence-electron chi connectivity index (χ0n) is 22.6. The second-order valence-electron chi connectivity index (χ2n) is 8.99. The highest BCUT2D eigenvalue weighted by molar-refractivity contribution is 7.92. The molecule has 10 heteroatoms. The Balaban J connectivity index is 2.04. The van der Waals surface area contributed by atoms with E-state index >= 15 is 0 Å². The summed E-state index contributed by atoms with van der Waals surface area (Å²) in [5.41, 5.74) is 1.96. The molecule has 3 aromatic carbocycles. The molecule has 3 rings (SSSR count). The molecule has 39 heavy (non-hydrogen) atoms. The standard InChI is InChI=1S/C29H34ClN3O5S/c1-5-27(29(35)31-6-2)32(19-22-9-15-25(38-4)16-10-22)28(34)20-33(24-13-11-23(30)12-14-24)39(36,37)26-17-7-21(3)8-18-26/h7-18,27H,5-6,19-20H2,1-4H3,(H,31,35)/t27-/m1/s1. The molecule has 0 spiro atoms. The number of rotatable bonds is 12. The van der Waals surface area contributed by atoms with E-state index in [9.17, 15) is 18.0 Å². The monoisotopic (exact) mass is 571 g/mol. The summed E-state index contributed by atoms with van der Waals surface area (Å²) in [7, 11) is -2.57. The summed E-state index contributed by atoms with van der Waals surface area (Å²) in [6.07, 6.45) is 0.347. The zero-order chi connectivity index (χ0) is 28.6. The Bertz CT molecular complexity index is 1360. The van der Waals surface area contributed by atoms with Gasteiger partial charge in [-0.1, -0.05) is 48.4 Å². The van der Waals surface area contributed by atoms with Crippen molar-refractivity contribution in [2.75, 3.05) is 24.5 Å². The van der Waals surface area contributed by atoms with Gasteiger partial charge in [0.25, 0.3) is 10.0 Å². The van der Waals surface area contributed by atoms with Crippen LogP contribution in [0.15, 0.2) is 77.7 Å². The van der Waals surface area contributed by atoms with Crippen LogP contribution in [0.25, 0.3) is 0 Å². The van der Waals surface area contributed by atoms with Gasteiger partial charge in [-0.05, 0) is 74.4 Å². The van der Waals surface area contributed by atoms with E-state index < -0.39 is 28.5 Å². The number of benzene rings is 3. The number of carbonyl (C=O) groups is 2. The van der Waals surface area contributed by atoms with Gasteiger partial charge in [0.1, 0.15) is 18.3 Å². The maximum absolute atomic E-state index is 14.0. The topological polar surface area (TPSA) is 96.0 Å². The van der Waals surface area contributed by atoms with Gasteiger partial charge in [-0.3, -0.25) is 13.9 Å². The van der Waals surface area contributed by atoms with Crippen molar-refractivity contribution in [2.45, 2.75) is 44.7 Å². The molecule has 208 valence electrons. The molecule has 1 atom stereocenters. The first-order chi connectivity index (χ1) is 18.6. The maximum atomic E-state index is 14.0. The van der Waals surface area contributed by atoms with E-state index in [2.05, 4.69) is 5.32 Å². The number of sulfonamides is 1. The first-order valence-corrected chi connectivity index (χ1v) is 14.5. The van der Waals surface area contributed by atoms with Crippen molar-refractivity contribution in [3.05, 3.63) is 88.9 Å². The zero-order valence-corrected chi connectivity index (χ0v) is 24.1. The smallest absolute Gasteiger partial charge is 0.264 e. The average Bonchev–Trinajstić information content (AvgIpc) is 2.92. The Morgan fingerprint density at radius 3 is 2.10 bits per heavy atom. The van der Waals surface area contributed by atoms with Crippen LogP contribution in [0.2, 0.25) is 5.02 Å². The van der Waals surface area contributed by atoms with E-state index in [1.165, 1.54) is 17.0 Å². The number of amides is 2. The van der Waals surface area contributed by atoms with Crippen LogP contribution in [0.4, 0.5) is 5.69 Å². The highest BCUT2D eigenvalue weighted by Crippen LogP contribution is 2.26. The predicted molar refractivity (Wildman–Crippen MR) is 153 cm³/mol. The number of anilines is 1. The Morgan fingerprint density at radius 2 is 1.56 bits per heavy atom. The van der Waals surface area contributed by atoms with E-state index in [1.807, 2.05) is 26.0 Å². The lowest BCUT2D eigenvalue weighted by Gasteiger charge is -2.33. The largest absolute Gasteiger partial charge is 0.497 e. The van der Waals surface area contributed by atoms with Crippen LogP contribution in [0.5, 0.6) is 5.75 Å². The Labute approximate surface area is 235 Å². The van der Waals surface area contributed by atoms with E-state index in [0.717, 1.165) is 15.4 Å². The van der Waals surface area contributed by atoms with Gasteiger partial charge in [0.2, 0.25) is 11.8 Å². The number of carbonyl (C=O) groups excluding carboxylic acids is 2. The fraction of sp³-hybridized carbons (Fsp3) is 0.310. The number of nitrogens with zero attached hydrogens (tertiary/aromatic N) is 2. The lowest BCUT2D eigenvalue weighted by atomic mass is 10.1. The summed E-state index contributed by atoms with van der Waals surface area (Å²) in [5.74, 6) is -0.165. The molecule has 2 amide bonds. The fourth-order valence-corrected chi connectivity index (χ4v) is 5.65. The molecule has 1 N–H and O–H groups in total. The summed E-state index contributed by atoms with van der Waals surface area (Å²) in [6.45, 7) is 5.48. The van der Waals surface area contributed by atoms with Crippen LogP contribution in [-0.2, 0) is 26.2 Å². The van der Waals surface area contributed by atoms with Gasteiger partial charge in [0.05, 0.1) is 17.7 Å². The van der Waals surface area contributed by atoms with Crippen molar-refractivity contribution in [1.82, 2.24) is 10.2 Å². The Kier molecular flexibility index (Phi) is 10.4. The lowest BCUT2D eigenvalue weighted by Crippen LogP contribution is -2.52. The van der Waals surface area contributed by atoms with E-state index in [1.54, 1.807) is 62.6 Å². The number of nitrogens with one attached hydrogen (secondary N) is 1. The molecule has 0 aliphatic carbocycles. The Hall–Kier alpha value is -3.56. The molecular weight excluding hydrogens is 538 g/mol. The first kappa shape index (κ1) is 30.0. The van der Waals surface area contributed by atoms with Crippen molar-refractivity contribution in [1.29, 1.82) is 0 Å². The summed E-state index contributed by atoms with van der Waals surface area (Å²) in [4.78, 5) is 28.4. The molecule has 0 aromatic heterocycles. The minimum atomic E-state index is -4.13. The van der Waals surface area contributed by atoms with Crippen LogP contribution < -0.4 is 14.4 Å². The molecule has 0 aliphatic rings. The number of halogens is 1. The van der Waals surface area contributed by atoms with Crippen molar-refractivity contribution < 1.29 is 22.7 Å². The number of likely N-dealkylation sites (N-methyl/N-ethyl adjacent to an activating group) is 1. The predicted octanol–water partition coefficient (Wildman–Crippen LogP) is 4.80. The molecule has 3 aromatic rings. The minimum absolute atomic E-state index is 0.0494. The van der Waals surface area contributed by atoms with Gasteiger partial charge >= 0.3 is 0 Å². The average molecular weight is 572 g/mol. The van der Waals surface area contributed by atoms with Crippen LogP contribution >= 0.6 is 11.6 Å². The molecule has 0 fully saturated rings. The van der Waals surface area contributed by atoms with Crippen LogP contribution in [-0.4, -0.2) is 51.4 Å². The second kappa shape index (κ2) is 13.5. The quantitative estimate of drug-likeness (QED) is 0.337. The number of aryl methyl sites for hydroxylation is 1. The van der Waals surface area contributed by atoms with E-state index in [4.69, 9.17) is 16.3 Å². The summed E-state index contributed by atoms with van der Waals surface area (Å²) in [5, 5.41) is 3.22.